The van der Waals surface area contributed by atoms with Gasteiger partial charge in [-0.05, 0) is 12.8 Å². The lowest BCUT2D eigenvalue weighted by Crippen LogP contribution is -2.24. The fraction of sp³-hybridized carbons (Fsp3) is 0.556. The minimum atomic E-state index is -0.0755. The SMILES string of the molecule is CC(Br)CCCNC(=O)c1cscn1. The minimum absolute atomic E-state index is 0.0755. The van der Waals surface area contributed by atoms with Crippen LogP contribution in [0.4, 0.5) is 0 Å². The molecule has 0 aliphatic rings. The molecule has 0 radical (unpaired) electrons. The Morgan fingerprint density at radius 2 is 2.57 bits per heavy atom. The average molecular weight is 277 g/mol. The zero-order valence-corrected chi connectivity index (χ0v) is 10.4. The number of hydrogen-bond donors (Lipinski definition) is 1. The van der Waals surface area contributed by atoms with Gasteiger partial charge in [0.2, 0.25) is 0 Å². The summed E-state index contributed by atoms with van der Waals surface area (Å²) in [6, 6.07) is 0. The molecule has 0 aliphatic carbocycles. The third-order valence-corrected chi connectivity index (χ3v) is 2.77. The maximum Gasteiger partial charge on any atom is 0.270 e. The first-order valence-electron chi connectivity index (χ1n) is 4.50. The lowest BCUT2D eigenvalue weighted by molar-refractivity contribution is 0.0948. The minimum Gasteiger partial charge on any atom is -0.351 e. The number of amides is 1. The van der Waals surface area contributed by atoms with E-state index >= 15 is 0 Å². The Morgan fingerprint density at radius 1 is 1.79 bits per heavy atom. The first-order valence-corrected chi connectivity index (χ1v) is 6.36. The summed E-state index contributed by atoms with van der Waals surface area (Å²) in [7, 11) is 0. The van der Waals surface area contributed by atoms with Crippen LogP contribution in [0.25, 0.3) is 0 Å². The second kappa shape index (κ2) is 6.14. The summed E-state index contributed by atoms with van der Waals surface area (Å²) >= 11 is 4.89. The van der Waals surface area contributed by atoms with Crippen LogP contribution in [0.2, 0.25) is 0 Å². The Balaban J connectivity index is 2.16. The number of halogens is 1. The third kappa shape index (κ3) is 4.19. The number of nitrogens with one attached hydrogen (secondary N) is 1. The molecule has 3 nitrogen and oxygen atoms in total. The van der Waals surface area contributed by atoms with Crippen molar-refractivity contribution in [3.05, 3.63) is 16.6 Å². The topological polar surface area (TPSA) is 42.0 Å². The molecule has 0 saturated carbocycles. The Hall–Kier alpha value is -0.420. The molecule has 1 atom stereocenters. The van der Waals surface area contributed by atoms with Crippen molar-refractivity contribution >= 4 is 33.2 Å². The highest BCUT2D eigenvalue weighted by Gasteiger charge is 2.05. The van der Waals surface area contributed by atoms with E-state index in [1.165, 1.54) is 11.3 Å². The second-order valence-corrected chi connectivity index (χ2v) is 5.33. The third-order valence-electron chi connectivity index (χ3n) is 1.73. The molecule has 1 aromatic heterocycles. The number of carbonyl (C=O) groups excluding carboxylic acids is 1. The number of carbonyl (C=O) groups is 1. The van der Waals surface area contributed by atoms with E-state index in [4.69, 9.17) is 0 Å². The zero-order valence-electron chi connectivity index (χ0n) is 8.00. The van der Waals surface area contributed by atoms with Crippen LogP contribution in [0, 0.1) is 0 Å². The summed E-state index contributed by atoms with van der Waals surface area (Å²) in [6.45, 7) is 2.81. The number of nitrogens with zero attached hydrogens (tertiary/aromatic N) is 1. The molecule has 14 heavy (non-hydrogen) atoms. The second-order valence-electron chi connectivity index (χ2n) is 3.05. The normalized spacial score (nSPS) is 12.4. The Bertz CT molecular complexity index is 274. The maximum atomic E-state index is 11.4. The van der Waals surface area contributed by atoms with Gasteiger partial charge in [-0.25, -0.2) is 4.98 Å². The van der Waals surface area contributed by atoms with Gasteiger partial charge in [-0.3, -0.25) is 4.79 Å². The molecular formula is C9H13BrN2OS. The van der Waals surface area contributed by atoms with Crippen LogP contribution in [0.15, 0.2) is 10.9 Å². The van der Waals surface area contributed by atoms with Gasteiger partial charge in [-0.1, -0.05) is 22.9 Å². The van der Waals surface area contributed by atoms with E-state index in [1.807, 2.05) is 0 Å². The smallest absolute Gasteiger partial charge is 0.270 e. The molecule has 0 bridgehead atoms. The molecule has 1 unspecified atom stereocenters. The van der Waals surface area contributed by atoms with Gasteiger partial charge in [0.25, 0.3) is 5.91 Å². The van der Waals surface area contributed by atoms with Gasteiger partial charge in [-0.2, -0.15) is 0 Å². The predicted octanol–water partition coefficient (Wildman–Crippen LogP) is 2.44. The van der Waals surface area contributed by atoms with Crippen molar-refractivity contribution in [2.75, 3.05) is 6.54 Å². The van der Waals surface area contributed by atoms with Gasteiger partial charge in [0.15, 0.2) is 0 Å². The van der Waals surface area contributed by atoms with Crippen LogP contribution >= 0.6 is 27.3 Å². The highest BCUT2D eigenvalue weighted by atomic mass is 79.9. The van der Waals surface area contributed by atoms with Crippen molar-refractivity contribution in [3.8, 4) is 0 Å². The first-order chi connectivity index (χ1) is 6.70. The Labute approximate surface area is 96.1 Å². The molecule has 5 heteroatoms. The van der Waals surface area contributed by atoms with Crippen LogP contribution in [0.1, 0.15) is 30.3 Å². The molecule has 0 saturated heterocycles. The lowest BCUT2D eigenvalue weighted by atomic mass is 10.2. The standard InChI is InChI=1S/C9H13BrN2OS/c1-7(10)3-2-4-11-9(13)8-5-14-6-12-8/h5-7H,2-4H2,1H3,(H,11,13). The van der Waals surface area contributed by atoms with Crippen molar-refractivity contribution in [2.45, 2.75) is 24.6 Å². The molecule has 0 aromatic carbocycles. The van der Waals surface area contributed by atoms with Gasteiger partial charge >= 0.3 is 0 Å². The van der Waals surface area contributed by atoms with Crippen molar-refractivity contribution in [2.24, 2.45) is 0 Å². The molecule has 1 aromatic rings. The molecule has 1 N–H and O–H groups in total. The highest BCUT2D eigenvalue weighted by molar-refractivity contribution is 9.09. The zero-order chi connectivity index (χ0) is 10.4. The molecule has 1 rings (SSSR count). The fourth-order valence-corrected chi connectivity index (χ4v) is 1.86. The Kier molecular flexibility index (Phi) is 5.11. The predicted molar refractivity (Wildman–Crippen MR) is 62.1 cm³/mol. The first kappa shape index (κ1) is 11.7. The number of hydrogen-bond acceptors (Lipinski definition) is 3. The summed E-state index contributed by atoms with van der Waals surface area (Å²) in [5, 5.41) is 4.58. The summed E-state index contributed by atoms with van der Waals surface area (Å²) in [5.41, 5.74) is 2.18. The lowest BCUT2D eigenvalue weighted by Gasteiger charge is -2.04. The fourth-order valence-electron chi connectivity index (χ4n) is 1.00. The van der Waals surface area contributed by atoms with Gasteiger partial charge in [-0.15, -0.1) is 11.3 Å². The van der Waals surface area contributed by atoms with E-state index < -0.39 is 0 Å². The van der Waals surface area contributed by atoms with Crippen LogP contribution in [0.3, 0.4) is 0 Å². The molecule has 0 aliphatic heterocycles. The van der Waals surface area contributed by atoms with Crippen molar-refractivity contribution < 1.29 is 4.79 Å². The molecular weight excluding hydrogens is 264 g/mol. The number of thiazole rings is 1. The van der Waals surface area contributed by atoms with E-state index in [0.29, 0.717) is 17.1 Å². The van der Waals surface area contributed by atoms with Gasteiger partial charge < -0.3 is 5.32 Å². The van der Waals surface area contributed by atoms with Gasteiger partial charge in [0.1, 0.15) is 5.69 Å². The monoisotopic (exact) mass is 276 g/mol. The summed E-state index contributed by atoms with van der Waals surface area (Å²) in [6.07, 6.45) is 2.06. The van der Waals surface area contributed by atoms with Gasteiger partial charge in [0.05, 0.1) is 5.51 Å². The van der Waals surface area contributed by atoms with Crippen LogP contribution < -0.4 is 5.32 Å². The van der Waals surface area contributed by atoms with Crippen LogP contribution in [0.5, 0.6) is 0 Å². The highest BCUT2D eigenvalue weighted by Crippen LogP contribution is 2.05. The van der Waals surface area contributed by atoms with Crippen LogP contribution in [-0.2, 0) is 0 Å². The van der Waals surface area contributed by atoms with E-state index in [9.17, 15) is 4.79 Å². The van der Waals surface area contributed by atoms with Gasteiger partial charge in [0, 0.05) is 16.8 Å². The largest absolute Gasteiger partial charge is 0.351 e. The molecule has 1 heterocycles. The molecule has 0 spiro atoms. The molecule has 0 fully saturated rings. The average Bonchev–Trinajstić information content (AvgIpc) is 2.64. The van der Waals surface area contributed by atoms with E-state index in [0.717, 1.165) is 12.8 Å². The maximum absolute atomic E-state index is 11.4. The van der Waals surface area contributed by atoms with E-state index in [-0.39, 0.29) is 5.91 Å². The molecule has 1 amide bonds. The number of aromatic nitrogens is 1. The van der Waals surface area contributed by atoms with Crippen LogP contribution in [-0.4, -0.2) is 22.3 Å². The summed E-state index contributed by atoms with van der Waals surface area (Å²) < 4.78 is 0. The van der Waals surface area contributed by atoms with Crippen molar-refractivity contribution in [3.63, 3.8) is 0 Å². The quantitative estimate of drug-likeness (QED) is 0.663. The Morgan fingerprint density at radius 3 is 3.14 bits per heavy atom. The summed E-state index contributed by atoms with van der Waals surface area (Å²) in [4.78, 5) is 15.8. The molecule has 78 valence electrons. The van der Waals surface area contributed by atoms with E-state index in [2.05, 4.69) is 33.2 Å². The van der Waals surface area contributed by atoms with Crippen molar-refractivity contribution in [1.29, 1.82) is 0 Å². The number of rotatable bonds is 5. The van der Waals surface area contributed by atoms with Crippen molar-refractivity contribution in [1.82, 2.24) is 10.3 Å². The summed E-state index contributed by atoms with van der Waals surface area (Å²) in [5.74, 6) is -0.0755. The van der Waals surface area contributed by atoms with E-state index in [1.54, 1.807) is 10.9 Å². The number of alkyl halides is 1.